The van der Waals surface area contributed by atoms with Crippen molar-refractivity contribution < 1.29 is 19.2 Å². The molecule has 3 atom stereocenters. The highest BCUT2D eigenvalue weighted by molar-refractivity contribution is 6.32. The number of hydrogen-bond acceptors (Lipinski definition) is 10. The Hall–Kier alpha value is -5.39. The number of piperazine rings is 2. The fraction of sp³-hybridized carbons (Fsp3) is 0.476. The van der Waals surface area contributed by atoms with Crippen LogP contribution in [0.4, 0.5) is 27.7 Å². The molecule has 15 heteroatoms. The first-order chi connectivity index (χ1) is 27.5. The molecule has 0 bridgehead atoms. The molecule has 5 aliphatic heterocycles. The zero-order chi connectivity index (χ0) is 39.8. The highest BCUT2D eigenvalue weighted by Crippen LogP contribution is 2.32. The molecule has 0 spiro atoms. The van der Waals surface area contributed by atoms with E-state index >= 15 is 0 Å². The van der Waals surface area contributed by atoms with Gasteiger partial charge in [0.05, 0.1) is 22.5 Å². The van der Waals surface area contributed by atoms with Gasteiger partial charge in [-0.3, -0.25) is 24.6 Å². The smallest absolute Gasteiger partial charge is 0.322 e. The maximum atomic E-state index is 13.4. The van der Waals surface area contributed by atoms with E-state index < -0.39 is 6.04 Å². The van der Waals surface area contributed by atoms with Crippen molar-refractivity contribution in [1.29, 1.82) is 5.26 Å². The van der Waals surface area contributed by atoms with Gasteiger partial charge >= 0.3 is 6.03 Å². The summed E-state index contributed by atoms with van der Waals surface area (Å²) < 4.78 is 0. The van der Waals surface area contributed by atoms with Crippen LogP contribution in [0.5, 0.6) is 0 Å². The number of amides is 5. The predicted molar refractivity (Wildman–Crippen MR) is 218 cm³/mol. The minimum atomic E-state index is -0.602. The second-order valence-corrected chi connectivity index (χ2v) is 16.5. The van der Waals surface area contributed by atoms with Gasteiger partial charge in [0.15, 0.2) is 0 Å². The normalized spacial score (nSPS) is 23.4. The number of imide groups is 1. The number of aromatic nitrogens is 1. The van der Waals surface area contributed by atoms with Crippen molar-refractivity contribution in [2.24, 2.45) is 5.92 Å². The number of urea groups is 1. The Kier molecular flexibility index (Phi) is 11.0. The van der Waals surface area contributed by atoms with E-state index in [4.69, 9.17) is 16.6 Å². The van der Waals surface area contributed by atoms with Crippen molar-refractivity contribution in [3.05, 3.63) is 76.4 Å². The molecule has 2 aromatic carbocycles. The summed E-state index contributed by atoms with van der Waals surface area (Å²) in [6.45, 7) is 12.5. The molecule has 1 unspecified atom stereocenters. The summed E-state index contributed by atoms with van der Waals surface area (Å²) in [6.07, 6.45) is 4.55. The zero-order valence-corrected chi connectivity index (χ0v) is 33.2. The van der Waals surface area contributed by atoms with E-state index in [1.165, 1.54) is 0 Å². The first kappa shape index (κ1) is 38.5. The molecule has 4 fully saturated rings. The lowest BCUT2D eigenvalue weighted by atomic mass is 9.96. The summed E-state index contributed by atoms with van der Waals surface area (Å²) in [6, 6.07) is 16.8. The Morgan fingerprint density at radius 1 is 0.895 bits per heavy atom. The molecule has 298 valence electrons. The van der Waals surface area contributed by atoms with E-state index in [1.54, 1.807) is 17.2 Å². The van der Waals surface area contributed by atoms with Gasteiger partial charge in [-0.25, -0.2) is 9.78 Å². The number of benzene rings is 2. The number of nitriles is 1. The molecular formula is C42H49ClN10O4. The van der Waals surface area contributed by atoms with Crippen LogP contribution in [0.15, 0.2) is 54.7 Å². The number of nitrogens with one attached hydrogen (secondary N) is 2. The average Bonchev–Trinajstić information content (AvgIpc) is 3.54. The lowest BCUT2D eigenvalue weighted by Gasteiger charge is -2.45. The molecule has 8 rings (SSSR count). The number of piperidine rings is 2. The van der Waals surface area contributed by atoms with Crippen molar-refractivity contribution in [2.45, 2.75) is 64.2 Å². The Labute approximate surface area is 338 Å². The molecule has 0 radical (unpaired) electrons. The van der Waals surface area contributed by atoms with Gasteiger partial charge in [-0.15, -0.1) is 0 Å². The summed E-state index contributed by atoms with van der Waals surface area (Å²) in [5.74, 6) is 0.738. The van der Waals surface area contributed by atoms with Crippen molar-refractivity contribution in [3.8, 4) is 6.07 Å². The average molecular weight is 793 g/mol. The van der Waals surface area contributed by atoms with E-state index in [2.05, 4.69) is 49.3 Å². The van der Waals surface area contributed by atoms with Crippen LogP contribution in [0, 0.1) is 17.2 Å². The van der Waals surface area contributed by atoms with Crippen LogP contribution in [0.2, 0.25) is 5.02 Å². The lowest BCUT2D eigenvalue weighted by molar-refractivity contribution is -0.136. The maximum absolute atomic E-state index is 13.4. The SMILES string of the molecule is C[C@@H]1CN(c2ccc(C#N)c(Cl)c2)[C@@H](C)CN1C(=O)Nc1ccc(N2CCC(CN3CCN(c4ccc5c(c4)CN(C4CCC(=O)NC4=O)C5=O)CC3)CC2)nc1. The van der Waals surface area contributed by atoms with Crippen LogP contribution in [-0.2, 0) is 16.1 Å². The number of anilines is 4. The molecule has 1 aromatic heterocycles. The largest absolute Gasteiger partial charge is 0.369 e. The van der Waals surface area contributed by atoms with Crippen molar-refractivity contribution in [1.82, 2.24) is 25.0 Å². The van der Waals surface area contributed by atoms with Gasteiger partial charge in [0, 0.05) is 101 Å². The summed E-state index contributed by atoms with van der Waals surface area (Å²) in [4.78, 5) is 68.3. The van der Waals surface area contributed by atoms with Crippen LogP contribution < -0.4 is 25.3 Å². The topological polar surface area (TPSA) is 148 Å². The summed E-state index contributed by atoms with van der Waals surface area (Å²) in [7, 11) is 0. The van der Waals surface area contributed by atoms with Crippen LogP contribution in [0.1, 0.15) is 61.0 Å². The molecule has 6 heterocycles. The summed E-state index contributed by atoms with van der Waals surface area (Å²) >= 11 is 6.31. The van der Waals surface area contributed by atoms with Gasteiger partial charge in [0.1, 0.15) is 17.9 Å². The number of carbonyl (C=O) groups is 4. The third-order valence-corrected chi connectivity index (χ3v) is 12.7. The number of fused-ring (bicyclic) bond motifs is 1. The lowest BCUT2D eigenvalue weighted by Crippen LogP contribution is -2.59. The zero-order valence-electron chi connectivity index (χ0n) is 32.5. The summed E-state index contributed by atoms with van der Waals surface area (Å²) in [5.41, 5.74) is 4.74. The minimum Gasteiger partial charge on any atom is -0.369 e. The molecule has 2 N–H and O–H groups in total. The molecule has 57 heavy (non-hydrogen) atoms. The van der Waals surface area contributed by atoms with Gasteiger partial charge in [-0.05, 0) is 93.1 Å². The van der Waals surface area contributed by atoms with Crippen molar-refractivity contribution in [3.63, 3.8) is 0 Å². The highest BCUT2D eigenvalue weighted by Gasteiger charge is 2.39. The Morgan fingerprint density at radius 2 is 1.67 bits per heavy atom. The number of carbonyl (C=O) groups excluding carboxylic acids is 4. The van der Waals surface area contributed by atoms with E-state index in [0.29, 0.717) is 53.8 Å². The molecule has 5 aliphatic rings. The number of nitrogens with zero attached hydrogens (tertiary/aromatic N) is 8. The number of pyridine rings is 1. The second kappa shape index (κ2) is 16.2. The Balaban J connectivity index is 0.769. The van der Waals surface area contributed by atoms with Gasteiger partial charge in [-0.1, -0.05) is 11.6 Å². The minimum absolute atomic E-state index is 0.0348. The Bertz CT molecular complexity index is 2080. The fourth-order valence-corrected chi connectivity index (χ4v) is 9.26. The molecule has 0 aliphatic carbocycles. The molecule has 0 saturated carbocycles. The van der Waals surface area contributed by atoms with Gasteiger partial charge in [0.2, 0.25) is 11.8 Å². The second-order valence-electron chi connectivity index (χ2n) is 16.1. The van der Waals surface area contributed by atoms with Crippen LogP contribution in [-0.4, -0.2) is 120 Å². The van der Waals surface area contributed by atoms with Gasteiger partial charge < -0.3 is 29.8 Å². The van der Waals surface area contributed by atoms with E-state index in [-0.39, 0.29) is 42.3 Å². The molecule has 14 nitrogen and oxygen atoms in total. The molecule has 5 amide bonds. The first-order valence-corrected chi connectivity index (χ1v) is 20.4. The number of hydrogen-bond donors (Lipinski definition) is 2. The maximum Gasteiger partial charge on any atom is 0.322 e. The first-order valence-electron chi connectivity index (χ1n) is 20.0. The molecule has 4 saturated heterocycles. The molecular weight excluding hydrogens is 744 g/mol. The predicted octanol–water partition coefficient (Wildman–Crippen LogP) is 4.54. The highest BCUT2D eigenvalue weighted by atomic mass is 35.5. The number of rotatable bonds is 7. The standard InChI is InChI=1S/C42H49ClN10O4/c1-27-24-52(28(2)23-51(27)34-5-3-30(21-44)36(43)20-34)42(57)46-32-4-9-38(45-22-32)50-13-11-29(12-14-50)25-48-15-17-49(18-16-48)33-6-7-35-31(19-33)26-53(41(35)56)37-8-10-39(54)47-40(37)55/h3-7,9,19-20,22,27-29,37H,8,10-18,23-26H2,1-2H3,(H,46,57)(H,47,54,55)/t27-,28+,37?/m0/s1. The van der Waals surface area contributed by atoms with Crippen LogP contribution >= 0.6 is 11.6 Å². The van der Waals surface area contributed by atoms with E-state index in [1.807, 2.05) is 48.2 Å². The fourth-order valence-electron chi connectivity index (χ4n) is 9.04. The Morgan fingerprint density at radius 3 is 2.37 bits per heavy atom. The van der Waals surface area contributed by atoms with Crippen LogP contribution in [0.25, 0.3) is 0 Å². The van der Waals surface area contributed by atoms with E-state index in [0.717, 1.165) is 81.4 Å². The van der Waals surface area contributed by atoms with E-state index in [9.17, 15) is 24.4 Å². The van der Waals surface area contributed by atoms with Crippen molar-refractivity contribution >= 4 is 58.2 Å². The summed E-state index contributed by atoms with van der Waals surface area (Å²) in [5, 5.41) is 15.1. The van der Waals surface area contributed by atoms with Crippen molar-refractivity contribution in [2.75, 3.05) is 78.9 Å². The third kappa shape index (κ3) is 8.09. The van der Waals surface area contributed by atoms with Crippen LogP contribution in [0.3, 0.4) is 0 Å². The van der Waals surface area contributed by atoms with Gasteiger partial charge in [-0.2, -0.15) is 5.26 Å². The third-order valence-electron chi connectivity index (χ3n) is 12.4. The monoisotopic (exact) mass is 792 g/mol. The molecule has 3 aromatic rings. The number of halogens is 1. The van der Waals surface area contributed by atoms with Gasteiger partial charge in [0.25, 0.3) is 5.91 Å². The quantitative estimate of drug-likeness (QED) is 0.327.